The fraction of sp³-hybridized carbons (Fsp3) is 0.238. The first-order valence-corrected chi connectivity index (χ1v) is 10.3. The Morgan fingerprint density at radius 2 is 1.89 bits per heavy atom. The molecule has 0 saturated carbocycles. The Morgan fingerprint density at radius 1 is 1.11 bits per heavy atom. The number of thiazole rings is 1. The molecule has 0 aliphatic carbocycles. The molecule has 1 fully saturated rings. The third-order valence-corrected chi connectivity index (χ3v) is 5.89. The van der Waals surface area contributed by atoms with Crippen LogP contribution in [0.2, 0.25) is 5.02 Å². The third-order valence-electron chi connectivity index (χ3n) is 4.78. The average Bonchev–Trinajstić information content (AvgIpc) is 3.18. The van der Waals surface area contributed by atoms with Crippen LogP contribution < -0.4 is 0 Å². The predicted octanol–water partition coefficient (Wildman–Crippen LogP) is 4.56. The minimum Gasteiger partial charge on any atom is -0.335 e. The van der Waals surface area contributed by atoms with Gasteiger partial charge in [0.1, 0.15) is 16.5 Å². The lowest BCUT2D eigenvalue weighted by molar-refractivity contribution is 0.0623. The Morgan fingerprint density at radius 3 is 2.64 bits per heavy atom. The lowest BCUT2D eigenvalue weighted by atomic mass is 10.2. The fourth-order valence-electron chi connectivity index (χ4n) is 3.29. The van der Waals surface area contributed by atoms with Gasteiger partial charge in [0.2, 0.25) is 0 Å². The SMILES string of the molecule is O=C(c1csc(-c2ccccc2F)n1)N1CCN(Cc2cccc(Cl)c2)CC1. The summed E-state index contributed by atoms with van der Waals surface area (Å²) in [5, 5.41) is 2.98. The average molecular weight is 416 g/mol. The summed E-state index contributed by atoms with van der Waals surface area (Å²) in [6, 6.07) is 14.3. The van der Waals surface area contributed by atoms with Crippen molar-refractivity contribution in [3.63, 3.8) is 0 Å². The highest BCUT2D eigenvalue weighted by Gasteiger charge is 2.24. The molecule has 1 aliphatic rings. The van der Waals surface area contributed by atoms with E-state index >= 15 is 0 Å². The van der Waals surface area contributed by atoms with Gasteiger partial charge in [0.25, 0.3) is 5.91 Å². The van der Waals surface area contributed by atoms with Gasteiger partial charge in [0.05, 0.1) is 0 Å². The molecular weight excluding hydrogens is 397 g/mol. The molecule has 4 rings (SSSR count). The van der Waals surface area contributed by atoms with Gasteiger partial charge in [-0.3, -0.25) is 9.69 Å². The number of carbonyl (C=O) groups excluding carboxylic acids is 1. The molecule has 144 valence electrons. The summed E-state index contributed by atoms with van der Waals surface area (Å²) >= 11 is 7.34. The standard InChI is InChI=1S/C21H19ClFN3OS/c22-16-5-3-4-15(12-16)13-25-8-10-26(11-9-25)21(27)19-14-28-20(24-19)17-6-1-2-7-18(17)23/h1-7,12,14H,8-11,13H2. The summed E-state index contributed by atoms with van der Waals surface area (Å²) in [4.78, 5) is 21.3. The summed E-state index contributed by atoms with van der Waals surface area (Å²) in [6.45, 7) is 3.69. The number of amides is 1. The Balaban J connectivity index is 1.37. The van der Waals surface area contributed by atoms with Crippen LogP contribution in [-0.4, -0.2) is 46.9 Å². The molecule has 0 radical (unpaired) electrons. The highest BCUT2D eigenvalue weighted by Crippen LogP contribution is 2.26. The second kappa shape index (κ2) is 8.39. The zero-order chi connectivity index (χ0) is 19.5. The van der Waals surface area contributed by atoms with E-state index in [-0.39, 0.29) is 11.7 Å². The molecule has 4 nitrogen and oxygen atoms in total. The van der Waals surface area contributed by atoms with Crippen LogP contribution >= 0.6 is 22.9 Å². The van der Waals surface area contributed by atoms with Crippen LogP contribution in [0.3, 0.4) is 0 Å². The van der Waals surface area contributed by atoms with E-state index in [0.29, 0.717) is 29.4 Å². The van der Waals surface area contributed by atoms with Crippen LogP contribution in [0.15, 0.2) is 53.9 Å². The number of aromatic nitrogens is 1. The van der Waals surface area contributed by atoms with E-state index in [2.05, 4.69) is 16.0 Å². The summed E-state index contributed by atoms with van der Waals surface area (Å²) in [5.41, 5.74) is 1.98. The molecule has 3 aromatic rings. The van der Waals surface area contributed by atoms with E-state index in [4.69, 9.17) is 11.6 Å². The van der Waals surface area contributed by atoms with Crippen molar-refractivity contribution in [3.8, 4) is 10.6 Å². The summed E-state index contributed by atoms with van der Waals surface area (Å²) in [5.74, 6) is -0.424. The minimum absolute atomic E-state index is 0.0961. The quantitative estimate of drug-likeness (QED) is 0.626. The number of rotatable bonds is 4. The number of halogens is 2. The van der Waals surface area contributed by atoms with Crippen LogP contribution in [-0.2, 0) is 6.54 Å². The zero-order valence-corrected chi connectivity index (χ0v) is 16.7. The second-order valence-electron chi connectivity index (χ2n) is 6.72. The van der Waals surface area contributed by atoms with E-state index in [1.54, 1.807) is 23.6 Å². The lowest BCUT2D eigenvalue weighted by Crippen LogP contribution is -2.48. The maximum atomic E-state index is 13.9. The summed E-state index contributed by atoms with van der Waals surface area (Å²) in [7, 11) is 0. The fourth-order valence-corrected chi connectivity index (χ4v) is 4.33. The van der Waals surface area contributed by atoms with E-state index in [0.717, 1.165) is 24.7 Å². The topological polar surface area (TPSA) is 36.4 Å². The molecule has 0 atom stereocenters. The van der Waals surface area contributed by atoms with Gasteiger partial charge in [0, 0.05) is 48.7 Å². The summed E-state index contributed by atoms with van der Waals surface area (Å²) in [6.07, 6.45) is 0. The van der Waals surface area contributed by atoms with Crippen molar-refractivity contribution in [3.05, 3.63) is 76.0 Å². The van der Waals surface area contributed by atoms with Crippen molar-refractivity contribution in [1.82, 2.24) is 14.8 Å². The smallest absolute Gasteiger partial charge is 0.273 e. The molecule has 1 saturated heterocycles. The largest absolute Gasteiger partial charge is 0.335 e. The molecule has 2 heterocycles. The van der Waals surface area contributed by atoms with Gasteiger partial charge in [-0.05, 0) is 29.8 Å². The van der Waals surface area contributed by atoms with E-state index in [9.17, 15) is 9.18 Å². The van der Waals surface area contributed by atoms with E-state index in [1.807, 2.05) is 23.1 Å². The first-order valence-electron chi connectivity index (χ1n) is 9.06. The Kier molecular flexibility index (Phi) is 5.71. The van der Waals surface area contributed by atoms with E-state index in [1.165, 1.54) is 23.0 Å². The Bertz CT molecular complexity index is 985. The first kappa shape index (κ1) is 19.1. The molecule has 2 aromatic carbocycles. The minimum atomic E-state index is -0.328. The molecule has 0 spiro atoms. The molecule has 28 heavy (non-hydrogen) atoms. The monoisotopic (exact) mass is 415 g/mol. The normalized spacial score (nSPS) is 15.0. The van der Waals surface area contributed by atoms with Gasteiger partial charge in [-0.25, -0.2) is 9.37 Å². The number of hydrogen-bond acceptors (Lipinski definition) is 4. The first-order chi connectivity index (χ1) is 13.6. The molecule has 1 amide bonds. The van der Waals surface area contributed by atoms with Crippen molar-refractivity contribution < 1.29 is 9.18 Å². The highest BCUT2D eigenvalue weighted by molar-refractivity contribution is 7.13. The van der Waals surface area contributed by atoms with Crippen LogP contribution in [0.5, 0.6) is 0 Å². The van der Waals surface area contributed by atoms with Crippen molar-refractivity contribution in [1.29, 1.82) is 0 Å². The number of hydrogen-bond donors (Lipinski definition) is 0. The van der Waals surface area contributed by atoms with Crippen molar-refractivity contribution >= 4 is 28.8 Å². The van der Waals surface area contributed by atoms with Crippen molar-refractivity contribution in [2.45, 2.75) is 6.54 Å². The van der Waals surface area contributed by atoms with Crippen molar-refractivity contribution in [2.24, 2.45) is 0 Å². The lowest BCUT2D eigenvalue weighted by Gasteiger charge is -2.34. The number of piperazine rings is 1. The molecular formula is C21H19ClFN3OS. The molecule has 1 aliphatic heterocycles. The Hall–Kier alpha value is -2.28. The van der Waals surface area contributed by atoms with E-state index < -0.39 is 0 Å². The van der Waals surface area contributed by atoms with Gasteiger partial charge in [-0.2, -0.15) is 0 Å². The molecule has 0 bridgehead atoms. The molecule has 0 N–H and O–H groups in total. The highest BCUT2D eigenvalue weighted by atomic mass is 35.5. The van der Waals surface area contributed by atoms with Crippen LogP contribution in [0.25, 0.3) is 10.6 Å². The second-order valence-corrected chi connectivity index (χ2v) is 8.01. The van der Waals surface area contributed by atoms with Crippen LogP contribution in [0, 0.1) is 5.82 Å². The molecule has 0 unspecified atom stereocenters. The molecule has 1 aromatic heterocycles. The third kappa shape index (κ3) is 4.24. The number of nitrogens with zero attached hydrogens (tertiary/aromatic N) is 3. The van der Waals surface area contributed by atoms with Crippen LogP contribution in [0.1, 0.15) is 16.1 Å². The van der Waals surface area contributed by atoms with Gasteiger partial charge in [-0.15, -0.1) is 11.3 Å². The Labute approximate surface area is 172 Å². The van der Waals surface area contributed by atoms with Gasteiger partial charge in [0.15, 0.2) is 0 Å². The maximum Gasteiger partial charge on any atom is 0.273 e. The zero-order valence-electron chi connectivity index (χ0n) is 15.1. The van der Waals surface area contributed by atoms with Gasteiger partial charge in [-0.1, -0.05) is 35.9 Å². The predicted molar refractivity (Wildman–Crippen MR) is 110 cm³/mol. The maximum absolute atomic E-state index is 13.9. The van der Waals surface area contributed by atoms with Crippen LogP contribution in [0.4, 0.5) is 4.39 Å². The van der Waals surface area contributed by atoms with Gasteiger partial charge < -0.3 is 4.90 Å². The van der Waals surface area contributed by atoms with Gasteiger partial charge >= 0.3 is 0 Å². The number of carbonyl (C=O) groups is 1. The number of benzene rings is 2. The summed E-state index contributed by atoms with van der Waals surface area (Å²) < 4.78 is 13.9. The molecule has 7 heteroatoms. The van der Waals surface area contributed by atoms with Crippen molar-refractivity contribution in [2.75, 3.05) is 26.2 Å².